The highest BCUT2D eigenvalue weighted by molar-refractivity contribution is 5.74. The molecule has 3 rings (SSSR count). The Morgan fingerprint density at radius 1 is 1.33 bits per heavy atom. The van der Waals surface area contributed by atoms with Crippen molar-refractivity contribution < 1.29 is 9.53 Å². The topological polar surface area (TPSA) is 31.2 Å². The molecule has 0 spiro atoms. The summed E-state index contributed by atoms with van der Waals surface area (Å²) >= 11 is 0. The molecule has 0 saturated carbocycles. The molecule has 1 aliphatic heterocycles. The van der Waals surface area contributed by atoms with Crippen molar-refractivity contribution in [3.63, 3.8) is 0 Å². The number of hydrogen-bond acceptors (Lipinski definition) is 2. The average Bonchev–Trinajstić information content (AvgIpc) is 2.87. The van der Waals surface area contributed by atoms with E-state index in [0.717, 1.165) is 37.2 Å². The highest BCUT2D eigenvalue weighted by Gasteiger charge is 2.21. The maximum absolute atomic E-state index is 10.7. The molecule has 1 aliphatic rings. The third-order valence-corrected chi connectivity index (χ3v) is 3.42. The van der Waals surface area contributed by atoms with E-state index in [-0.39, 0.29) is 0 Å². The van der Waals surface area contributed by atoms with Gasteiger partial charge in [0, 0.05) is 30.4 Å². The van der Waals surface area contributed by atoms with Gasteiger partial charge in [-0.25, -0.2) is 0 Å². The number of nitrogens with zero attached hydrogens (tertiary/aromatic N) is 1. The van der Waals surface area contributed by atoms with Gasteiger partial charge in [0.05, 0.1) is 6.61 Å². The molecule has 18 heavy (non-hydrogen) atoms. The van der Waals surface area contributed by atoms with Crippen LogP contribution in [0.25, 0.3) is 0 Å². The van der Waals surface area contributed by atoms with E-state index in [2.05, 4.69) is 10.6 Å². The molecule has 1 unspecified atom stereocenters. The molecule has 0 N–H and O–H groups in total. The van der Waals surface area contributed by atoms with Crippen molar-refractivity contribution in [2.24, 2.45) is 0 Å². The van der Waals surface area contributed by atoms with Gasteiger partial charge in [0.15, 0.2) is 6.29 Å². The molecule has 0 fully saturated rings. The maximum atomic E-state index is 10.7. The summed E-state index contributed by atoms with van der Waals surface area (Å²) in [4.78, 5) is 10.7. The van der Waals surface area contributed by atoms with Gasteiger partial charge in [-0.1, -0.05) is 18.2 Å². The molecule has 1 aromatic carbocycles. The van der Waals surface area contributed by atoms with Crippen LogP contribution < -0.4 is 4.74 Å². The minimum atomic E-state index is 0.460. The van der Waals surface area contributed by atoms with Crippen molar-refractivity contribution >= 4 is 6.29 Å². The minimum Gasteiger partial charge on any atom is -0.493 e. The normalized spacial score (nSPS) is 17.9. The Hall–Kier alpha value is -2.03. The molecule has 0 saturated heterocycles. The molecule has 3 nitrogen and oxygen atoms in total. The van der Waals surface area contributed by atoms with E-state index >= 15 is 0 Å². The van der Waals surface area contributed by atoms with Gasteiger partial charge in [-0.3, -0.25) is 4.79 Å². The molecule has 1 aromatic heterocycles. The molecule has 2 heterocycles. The number of rotatable bonds is 3. The first kappa shape index (κ1) is 11.1. The van der Waals surface area contributed by atoms with Crippen LogP contribution >= 0.6 is 0 Å². The van der Waals surface area contributed by atoms with Crippen LogP contribution in [0.2, 0.25) is 0 Å². The van der Waals surface area contributed by atoms with Gasteiger partial charge in [-0.2, -0.15) is 0 Å². The van der Waals surface area contributed by atoms with Gasteiger partial charge in [0.25, 0.3) is 0 Å². The number of hydrogen-bond donors (Lipinski definition) is 0. The fourth-order valence-electron chi connectivity index (χ4n) is 2.50. The van der Waals surface area contributed by atoms with Crippen molar-refractivity contribution in [1.82, 2.24) is 4.57 Å². The van der Waals surface area contributed by atoms with E-state index < -0.39 is 0 Å². The van der Waals surface area contributed by atoms with Crippen LogP contribution in [0.15, 0.2) is 42.7 Å². The third kappa shape index (κ3) is 2.04. The second kappa shape index (κ2) is 4.69. The molecule has 2 aromatic rings. The summed E-state index contributed by atoms with van der Waals surface area (Å²) in [7, 11) is 0. The number of ether oxygens (including phenoxy) is 1. The number of aromatic nitrogens is 1. The van der Waals surface area contributed by atoms with Crippen molar-refractivity contribution in [1.29, 1.82) is 0 Å². The largest absolute Gasteiger partial charge is 0.493 e. The number of aldehydes is 1. The summed E-state index contributed by atoms with van der Waals surface area (Å²) in [6.45, 7) is 1.66. The van der Waals surface area contributed by atoms with E-state index in [9.17, 15) is 4.79 Å². The summed E-state index contributed by atoms with van der Waals surface area (Å²) in [5.74, 6) is 1.46. The highest BCUT2D eigenvalue weighted by Crippen LogP contribution is 2.34. The van der Waals surface area contributed by atoms with Gasteiger partial charge >= 0.3 is 0 Å². The van der Waals surface area contributed by atoms with Crippen LogP contribution in [0.5, 0.6) is 5.75 Å². The Kier molecular flexibility index (Phi) is 2.89. The number of benzene rings is 1. The third-order valence-electron chi connectivity index (χ3n) is 3.42. The number of para-hydroxylation sites is 1. The first-order chi connectivity index (χ1) is 8.86. The Bertz CT molecular complexity index is 559. The fraction of sp³-hybridized carbons (Fsp3) is 0.267. The van der Waals surface area contributed by atoms with Gasteiger partial charge in [0.2, 0.25) is 0 Å². The Morgan fingerprint density at radius 2 is 2.22 bits per heavy atom. The van der Waals surface area contributed by atoms with Crippen LogP contribution in [0.4, 0.5) is 0 Å². The molecule has 0 aliphatic carbocycles. The lowest BCUT2D eigenvalue weighted by Crippen LogP contribution is -2.18. The van der Waals surface area contributed by atoms with Gasteiger partial charge in [0.1, 0.15) is 5.75 Å². The molecule has 3 heteroatoms. The molecular formula is C15H15NO2. The molecule has 0 radical (unpaired) electrons. The summed E-state index contributed by atoms with van der Waals surface area (Å²) in [6, 6.07) is 10.0. The van der Waals surface area contributed by atoms with Crippen LogP contribution in [0, 0.1) is 0 Å². The SMILES string of the molecule is O=Cc1ccn(CC2CCOc3ccccc32)c1. The lowest BCUT2D eigenvalue weighted by molar-refractivity contribution is 0.112. The van der Waals surface area contributed by atoms with Crippen molar-refractivity contribution in [2.45, 2.75) is 18.9 Å². The Balaban J connectivity index is 1.83. The Labute approximate surface area is 106 Å². The van der Waals surface area contributed by atoms with Crippen molar-refractivity contribution in [3.8, 4) is 5.75 Å². The maximum Gasteiger partial charge on any atom is 0.151 e. The van der Waals surface area contributed by atoms with Crippen LogP contribution in [-0.2, 0) is 6.54 Å². The molecule has 0 bridgehead atoms. The van der Waals surface area contributed by atoms with Crippen molar-refractivity contribution in [2.75, 3.05) is 6.61 Å². The predicted octanol–water partition coefficient (Wildman–Crippen LogP) is 2.87. The van der Waals surface area contributed by atoms with E-state index in [4.69, 9.17) is 4.74 Å². The minimum absolute atomic E-state index is 0.460. The van der Waals surface area contributed by atoms with Crippen LogP contribution in [0.1, 0.15) is 28.3 Å². The molecule has 92 valence electrons. The summed E-state index contributed by atoms with van der Waals surface area (Å²) in [6.07, 6.45) is 5.76. The van der Waals surface area contributed by atoms with Crippen LogP contribution in [-0.4, -0.2) is 17.5 Å². The van der Waals surface area contributed by atoms with E-state index in [0.29, 0.717) is 5.92 Å². The van der Waals surface area contributed by atoms with E-state index in [1.807, 2.05) is 36.7 Å². The van der Waals surface area contributed by atoms with Gasteiger partial charge < -0.3 is 9.30 Å². The molecule has 0 amide bonds. The number of fused-ring (bicyclic) bond motifs is 1. The average molecular weight is 241 g/mol. The molecule has 1 atom stereocenters. The zero-order chi connectivity index (χ0) is 12.4. The van der Waals surface area contributed by atoms with Gasteiger partial charge in [-0.15, -0.1) is 0 Å². The number of carbonyl (C=O) groups excluding carboxylic acids is 1. The van der Waals surface area contributed by atoms with Crippen molar-refractivity contribution in [3.05, 3.63) is 53.9 Å². The van der Waals surface area contributed by atoms with E-state index in [1.165, 1.54) is 5.56 Å². The smallest absolute Gasteiger partial charge is 0.151 e. The summed E-state index contributed by atoms with van der Waals surface area (Å²) in [5.41, 5.74) is 2.00. The number of carbonyl (C=O) groups is 1. The van der Waals surface area contributed by atoms with E-state index in [1.54, 1.807) is 0 Å². The first-order valence-electron chi connectivity index (χ1n) is 6.19. The first-order valence-corrected chi connectivity index (χ1v) is 6.19. The zero-order valence-corrected chi connectivity index (χ0v) is 10.1. The van der Waals surface area contributed by atoms with Gasteiger partial charge in [-0.05, 0) is 24.1 Å². The standard InChI is InChI=1S/C15H15NO2/c17-11-12-5-7-16(9-12)10-13-6-8-18-15-4-2-1-3-14(13)15/h1-5,7,9,11,13H,6,8,10H2. The monoisotopic (exact) mass is 241 g/mol. The zero-order valence-electron chi connectivity index (χ0n) is 10.1. The summed E-state index contributed by atoms with van der Waals surface area (Å²) < 4.78 is 7.73. The molecular weight excluding hydrogens is 226 g/mol. The predicted molar refractivity (Wildman–Crippen MR) is 69.1 cm³/mol. The second-order valence-corrected chi connectivity index (χ2v) is 4.63. The lowest BCUT2D eigenvalue weighted by Gasteiger charge is -2.26. The lowest BCUT2D eigenvalue weighted by atomic mass is 9.93. The van der Waals surface area contributed by atoms with Crippen LogP contribution in [0.3, 0.4) is 0 Å². The Morgan fingerprint density at radius 3 is 3.06 bits per heavy atom. The fourth-order valence-corrected chi connectivity index (χ4v) is 2.50. The summed E-state index contributed by atoms with van der Waals surface area (Å²) in [5, 5.41) is 0. The quantitative estimate of drug-likeness (QED) is 0.774. The second-order valence-electron chi connectivity index (χ2n) is 4.63. The highest BCUT2D eigenvalue weighted by atomic mass is 16.5.